The van der Waals surface area contributed by atoms with Crippen molar-refractivity contribution in [2.45, 2.75) is 33.8 Å². The average molecular weight is 413 g/mol. The van der Waals surface area contributed by atoms with Crippen LogP contribution in [0.3, 0.4) is 0 Å². The number of pyridine rings is 1. The SMILES string of the molecule is Cc1cc(C)n(-c2ccc(C(=O)OC(C)C(=O)Nc3cc(Cl)ccc3C)cn2)n1. The van der Waals surface area contributed by atoms with Crippen LogP contribution in [0.25, 0.3) is 5.82 Å². The molecule has 150 valence electrons. The van der Waals surface area contributed by atoms with Gasteiger partial charge < -0.3 is 10.1 Å². The molecule has 0 saturated carbocycles. The Morgan fingerprint density at radius 1 is 1.14 bits per heavy atom. The Morgan fingerprint density at radius 3 is 2.52 bits per heavy atom. The van der Waals surface area contributed by atoms with Gasteiger partial charge in [0.2, 0.25) is 0 Å². The number of carbonyl (C=O) groups excluding carboxylic acids is 2. The Labute approximate surface area is 173 Å². The molecule has 0 aliphatic rings. The molecule has 3 aromatic rings. The number of benzene rings is 1. The van der Waals surface area contributed by atoms with E-state index < -0.39 is 18.0 Å². The first-order valence-electron chi connectivity index (χ1n) is 9.02. The lowest BCUT2D eigenvalue weighted by Crippen LogP contribution is -2.30. The first kappa shape index (κ1) is 20.5. The number of amides is 1. The van der Waals surface area contributed by atoms with Gasteiger partial charge >= 0.3 is 5.97 Å². The number of rotatable bonds is 5. The van der Waals surface area contributed by atoms with Gasteiger partial charge in [-0.1, -0.05) is 17.7 Å². The lowest BCUT2D eigenvalue weighted by Gasteiger charge is -2.15. The first-order valence-corrected chi connectivity index (χ1v) is 9.40. The highest BCUT2D eigenvalue weighted by molar-refractivity contribution is 6.31. The molecule has 0 bridgehead atoms. The van der Waals surface area contributed by atoms with Crippen molar-refractivity contribution < 1.29 is 14.3 Å². The highest BCUT2D eigenvalue weighted by atomic mass is 35.5. The Hall–Kier alpha value is -3.19. The molecule has 0 spiro atoms. The van der Waals surface area contributed by atoms with Gasteiger partial charge in [0.25, 0.3) is 5.91 Å². The molecule has 1 N–H and O–H groups in total. The van der Waals surface area contributed by atoms with Gasteiger partial charge in [0.1, 0.15) is 0 Å². The highest BCUT2D eigenvalue weighted by Gasteiger charge is 2.20. The molecule has 8 heteroatoms. The summed E-state index contributed by atoms with van der Waals surface area (Å²) in [5.41, 5.74) is 3.48. The summed E-state index contributed by atoms with van der Waals surface area (Å²) in [4.78, 5) is 29.0. The summed E-state index contributed by atoms with van der Waals surface area (Å²) in [5.74, 6) is -0.492. The molecule has 1 unspecified atom stereocenters. The minimum absolute atomic E-state index is 0.244. The summed E-state index contributed by atoms with van der Waals surface area (Å²) in [6.07, 6.45) is 0.413. The number of hydrogen-bond acceptors (Lipinski definition) is 5. The van der Waals surface area contributed by atoms with E-state index in [0.717, 1.165) is 17.0 Å². The zero-order valence-corrected chi connectivity index (χ0v) is 17.3. The van der Waals surface area contributed by atoms with Gasteiger partial charge in [0.05, 0.1) is 11.3 Å². The van der Waals surface area contributed by atoms with E-state index in [9.17, 15) is 9.59 Å². The van der Waals surface area contributed by atoms with Crippen molar-refractivity contribution in [3.05, 3.63) is 70.1 Å². The Balaban J connectivity index is 1.65. The van der Waals surface area contributed by atoms with Crippen molar-refractivity contribution in [2.24, 2.45) is 0 Å². The number of halogens is 1. The summed E-state index contributed by atoms with van der Waals surface area (Å²) in [7, 11) is 0. The van der Waals surface area contributed by atoms with E-state index in [1.54, 1.807) is 35.0 Å². The van der Waals surface area contributed by atoms with Crippen LogP contribution in [0.1, 0.15) is 34.2 Å². The van der Waals surface area contributed by atoms with Gasteiger partial charge in [-0.2, -0.15) is 5.10 Å². The van der Waals surface area contributed by atoms with Crippen LogP contribution >= 0.6 is 11.6 Å². The van der Waals surface area contributed by atoms with E-state index in [1.807, 2.05) is 26.8 Å². The number of nitrogens with zero attached hydrogens (tertiary/aromatic N) is 3. The van der Waals surface area contributed by atoms with E-state index in [4.69, 9.17) is 16.3 Å². The van der Waals surface area contributed by atoms with Crippen molar-refractivity contribution in [3.63, 3.8) is 0 Å². The quantitative estimate of drug-likeness (QED) is 0.639. The molecule has 0 saturated heterocycles. The lowest BCUT2D eigenvalue weighted by molar-refractivity contribution is -0.123. The second kappa shape index (κ2) is 8.45. The van der Waals surface area contributed by atoms with E-state index in [-0.39, 0.29) is 5.56 Å². The third-order valence-electron chi connectivity index (χ3n) is 4.32. The minimum atomic E-state index is -0.989. The van der Waals surface area contributed by atoms with Crippen molar-refractivity contribution in [3.8, 4) is 5.82 Å². The van der Waals surface area contributed by atoms with Crippen LogP contribution in [-0.2, 0) is 9.53 Å². The van der Waals surface area contributed by atoms with Crippen LogP contribution in [0.5, 0.6) is 0 Å². The summed E-state index contributed by atoms with van der Waals surface area (Å²) < 4.78 is 6.96. The maximum Gasteiger partial charge on any atom is 0.340 e. The molecule has 1 amide bonds. The van der Waals surface area contributed by atoms with E-state index >= 15 is 0 Å². The number of aromatic nitrogens is 3. The Morgan fingerprint density at radius 2 is 1.90 bits per heavy atom. The standard InChI is InChI=1S/C21H21ClN4O3/c1-12-5-7-17(22)10-18(12)24-20(27)15(4)29-21(28)16-6-8-19(23-11-16)26-14(3)9-13(2)25-26/h5-11,15H,1-4H3,(H,24,27). The fourth-order valence-corrected chi connectivity index (χ4v) is 2.91. The number of anilines is 1. The van der Waals surface area contributed by atoms with Crippen molar-refractivity contribution in [2.75, 3.05) is 5.32 Å². The third kappa shape index (κ3) is 4.81. The summed E-state index contributed by atoms with van der Waals surface area (Å²) in [6, 6.07) is 10.4. The molecule has 3 rings (SSSR count). The van der Waals surface area contributed by atoms with Gasteiger partial charge in [-0.3, -0.25) is 4.79 Å². The van der Waals surface area contributed by atoms with Gasteiger partial charge in [-0.15, -0.1) is 0 Å². The second-order valence-electron chi connectivity index (χ2n) is 6.74. The van der Waals surface area contributed by atoms with Crippen molar-refractivity contribution >= 4 is 29.2 Å². The number of carbonyl (C=O) groups is 2. The zero-order valence-electron chi connectivity index (χ0n) is 16.6. The van der Waals surface area contributed by atoms with Crippen molar-refractivity contribution in [1.82, 2.24) is 14.8 Å². The molecule has 1 aromatic carbocycles. The normalized spacial score (nSPS) is 11.8. The number of hydrogen-bond donors (Lipinski definition) is 1. The van der Waals surface area contributed by atoms with E-state index in [2.05, 4.69) is 15.4 Å². The van der Waals surface area contributed by atoms with E-state index in [0.29, 0.717) is 16.5 Å². The molecule has 1 atom stereocenters. The van der Waals surface area contributed by atoms with Gasteiger partial charge in [0, 0.05) is 22.6 Å². The summed E-state index contributed by atoms with van der Waals surface area (Å²) in [6.45, 7) is 7.17. The monoisotopic (exact) mass is 412 g/mol. The number of aryl methyl sites for hydroxylation is 3. The minimum Gasteiger partial charge on any atom is -0.449 e. The summed E-state index contributed by atoms with van der Waals surface area (Å²) in [5, 5.41) is 7.58. The number of ether oxygens (including phenoxy) is 1. The molecule has 7 nitrogen and oxygen atoms in total. The first-order chi connectivity index (χ1) is 13.7. The molecule has 0 aliphatic carbocycles. The third-order valence-corrected chi connectivity index (χ3v) is 4.56. The maximum atomic E-state index is 12.4. The number of esters is 1. The lowest BCUT2D eigenvalue weighted by atomic mass is 10.2. The van der Waals surface area contributed by atoms with Crippen LogP contribution in [0, 0.1) is 20.8 Å². The van der Waals surface area contributed by atoms with Gasteiger partial charge in [-0.05, 0) is 63.6 Å². The smallest absolute Gasteiger partial charge is 0.340 e. The van der Waals surface area contributed by atoms with Crippen LogP contribution in [0.15, 0.2) is 42.6 Å². The van der Waals surface area contributed by atoms with E-state index in [1.165, 1.54) is 13.1 Å². The topological polar surface area (TPSA) is 86.1 Å². The molecular formula is C21H21ClN4O3. The predicted octanol–water partition coefficient (Wildman–Crippen LogP) is 4.03. The second-order valence-corrected chi connectivity index (χ2v) is 7.18. The Bertz CT molecular complexity index is 1060. The zero-order chi connectivity index (χ0) is 21.1. The molecule has 0 radical (unpaired) electrons. The molecule has 0 fully saturated rings. The van der Waals surface area contributed by atoms with Crippen LogP contribution in [0.2, 0.25) is 5.02 Å². The largest absolute Gasteiger partial charge is 0.449 e. The van der Waals surface area contributed by atoms with Crippen molar-refractivity contribution in [1.29, 1.82) is 0 Å². The van der Waals surface area contributed by atoms with Gasteiger partial charge in [0.15, 0.2) is 11.9 Å². The number of nitrogens with one attached hydrogen (secondary N) is 1. The molecule has 29 heavy (non-hydrogen) atoms. The fourth-order valence-electron chi connectivity index (χ4n) is 2.74. The summed E-state index contributed by atoms with van der Waals surface area (Å²) >= 11 is 5.96. The fraction of sp³-hybridized carbons (Fsp3) is 0.238. The maximum absolute atomic E-state index is 12.4. The Kier molecular flexibility index (Phi) is 5.98. The van der Waals surface area contributed by atoms with Gasteiger partial charge in [-0.25, -0.2) is 14.5 Å². The molecule has 2 aromatic heterocycles. The molecule has 2 heterocycles. The van der Waals surface area contributed by atoms with Crippen LogP contribution < -0.4 is 5.32 Å². The van der Waals surface area contributed by atoms with Crippen LogP contribution in [0.4, 0.5) is 5.69 Å². The highest BCUT2D eigenvalue weighted by Crippen LogP contribution is 2.20. The predicted molar refractivity (Wildman–Crippen MR) is 111 cm³/mol. The molecule has 0 aliphatic heterocycles. The average Bonchev–Trinajstić information content (AvgIpc) is 3.02. The molecular weight excluding hydrogens is 392 g/mol. The van der Waals surface area contributed by atoms with Crippen LogP contribution in [-0.4, -0.2) is 32.7 Å².